The monoisotopic (exact) mass is 374 g/mol. The third kappa shape index (κ3) is 3.05. The van der Waals surface area contributed by atoms with Gasteiger partial charge in [0.25, 0.3) is 0 Å². The topological polar surface area (TPSA) is 38.7 Å². The Morgan fingerprint density at radius 2 is 1.93 bits per heavy atom. The Bertz CT molecular complexity index is 623. The Morgan fingerprint density at radius 3 is 2.67 bits per heavy atom. The van der Waals surface area contributed by atoms with Gasteiger partial charge < -0.3 is 14.6 Å². The van der Waals surface area contributed by atoms with Crippen molar-refractivity contribution < 1.29 is 14.6 Å². The lowest BCUT2D eigenvalue weighted by atomic mass is 9.50. The van der Waals surface area contributed by atoms with Gasteiger partial charge in [0, 0.05) is 13.7 Å². The molecule has 3 saturated carbocycles. The number of aliphatic hydroxyl groups is 1. The van der Waals surface area contributed by atoms with Crippen molar-refractivity contribution in [3.8, 4) is 0 Å². The molecular weight excluding hydrogens is 336 g/mol. The second kappa shape index (κ2) is 7.31. The minimum atomic E-state index is 0.314. The fraction of sp³-hybridized carbons (Fsp3) is 0.833. The van der Waals surface area contributed by atoms with Gasteiger partial charge in [-0.25, -0.2) is 0 Å². The molecular formula is C24H38O3. The third-order valence-corrected chi connectivity index (χ3v) is 9.00. The Balaban J connectivity index is 1.59. The summed E-state index contributed by atoms with van der Waals surface area (Å²) in [5.41, 5.74) is 4.04. The predicted octanol–water partition coefficient (Wildman–Crippen LogP) is 5.10. The van der Waals surface area contributed by atoms with Crippen molar-refractivity contribution >= 4 is 0 Å². The van der Waals surface area contributed by atoms with Crippen molar-refractivity contribution in [1.82, 2.24) is 0 Å². The first-order valence-corrected chi connectivity index (χ1v) is 11.1. The second-order valence-electron chi connectivity index (χ2n) is 10.2. The van der Waals surface area contributed by atoms with E-state index in [-0.39, 0.29) is 0 Å². The standard InChI is InChI=1S/C24H38O3/c1-16(14-25)20-7-8-21-19-6-5-17-13-18(27-15-26-4)9-11-23(17,2)22(19)10-12-24(20,21)3/h5-6,16,18,20-22,25H,7-15H2,1-4H3/t16?,18-,20+,21-,22-,23-,24+/m0/s1. The van der Waals surface area contributed by atoms with Crippen molar-refractivity contribution in [2.75, 3.05) is 20.5 Å². The van der Waals surface area contributed by atoms with E-state index in [2.05, 4.69) is 32.9 Å². The molecule has 1 N–H and O–H groups in total. The molecule has 0 heterocycles. The zero-order chi connectivity index (χ0) is 19.2. The quantitative estimate of drug-likeness (QED) is 0.680. The first-order chi connectivity index (χ1) is 12.9. The molecule has 4 aliphatic carbocycles. The molecule has 7 atom stereocenters. The van der Waals surface area contributed by atoms with Crippen LogP contribution >= 0.6 is 0 Å². The summed E-state index contributed by atoms with van der Waals surface area (Å²) in [6.07, 6.45) is 13.9. The van der Waals surface area contributed by atoms with E-state index < -0.39 is 0 Å². The summed E-state index contributed by atoms with van der Waals surface area (Å²) in [4.78, 5) is 0. The number of allylic oxidation sites excluding steroid dienone is 3. The second-order valence-corrected chi connectivity index (χ2v) is 10.2. The molecule has 0 aromatic rings. The van der Waals surface area contributed by atoms with Crippen molar-refractivity contribution in [1.29, 1.82) is 0 Å². The number of aliphatic hydroxyl groups excluding tert-OH is 1. The van der Waals surface area contributed by atoms with Crippen LogP contribution in [0.25, 0.3) is 0 Å². The van der Waals surface area contributed by atoms with Crippen LogP contribution in [0.5, 0.6) is 0 Å². The van der Waals surface area contributed by atoms with E-state index in [4.69, 9.17) is 9.47 Å². The van der Waals surface area contributed by atoms with Crippen molar-refractivity contribution in [2.45, 2.75) is 71.8 Å². The predicted molar refractivity (Wildman–Crippen MR) is 108 cm³/mol. The van der Waals surface area contributed by atoms with Crippen LogP contribution in [-0.4, -0.2) is 31.7 Å². The van der Waals surface area contributed by atoms with E-state index in [0.717, 1.165) is 12.8 Å². The highest BCUT2D eigenvalue weighted by atomic mass is 16.7. The molecule has 1 unspecified atom stereocenters. The number of methoxy groups -OCH3 is 1. The minimum Gasteiger partial charge on any atom is -0.396 e. The fourth-order valence-electron chi connectivity index (χ4n) is 7.38. The Hall–Kier alpha value is -0.640. The molecule has 4 aliphatic rings. The first-order valence-electron chi connectivity index (χ1n) is 11.1. The van der Waals surface area contributed by atoms with Crippen molar-refractivity contribution in [3.63, 3.8) is 0 Å². The molecule has 0 radical (unpaired) electrons. The maximum absolute atomic E-state index is 9.77. The molecule has 0 aromatic carbocycles. The average molecular weight is 375 g/mol. The van der Waals surface area contributed by atoms with E-state index in [0.29, 0.717) is 54.0 Å². The Morgan fingerprint density at radius 1 is 1.11 bits per heavy atom. The van der Waals surface area contributed by atoms with E-state index in [1.807, 2.05) is 0 Å². The zero-order valence-corrected chi connectivity index (χ0v) is 17.7. The van der Waals surface area contributed by atoms with Gasteiger partial charge >= 0.3 is 0 Å². The minimum absolute atomic E-state index is 0.314. The van der Waals surface area contributed by atoms with Crippen LogP contribution in [0.15, 0.2) is 23.3 Å². The summed E-state index contributed by atoms with van der Waals surface area (Å²) in [5.74, 6) is 2.52. The Kier molecular flexibility index (Phi) is 5.33. The summed E-state index contributed by atoms with van der Waals surface area (Å²) in [5, 5.41) is 9.77. The summed E-state index contributed by atoms with van der Waals surface area (Å²) < 4.78 is 11.0. The fourth-order valence-corrected chi connectivity index (χ4v) is 7.38. The molecule has 3 heteroatoms. The van der Waals surface area contributed by atoms with Gasteiger partial charge in [-0.3, -0.25) is 0 Å². The highest BCUT2D eigenvalue weighted by Gasteiger charge is 2.56. The highest BCUT2D eigenvalue weighted by molar-refractivity contribution is 5.38. The van der Waals surface area contributed by atoms with Crippen LogP contribution in [0.4, 0.5) is 0 Å². The average Bonchev–Trinajstić information content (AvgIpc) is 3.02. The van der Waals surface area contributed by atoms with Gasteiger partial charge in [-0.15, -0.1) is 0 Å². The molecule has 3 fully saturated rings. The van der Waals surface area contributed by atoms with Crippen LogP contribution in [0.1, 0.15) is 65.7 Å². The molecule has 27 heavy (non-hydrogen) atoms. The SMILES string of the molecule is COCO[C@H]1CC[C@@]2(C)C(=CC=C3[C@@H]4CC[C@H](C(C)CO)[C@@]4(C)CC[C@@H]32)C1. The third-order valence-electron chi connectivity index (χ3n) is 9.00. The normalized spacial score (nSPS) is 44.6. The van der Waals surface area contributed by atoms with Crippen LogP contribution in [0.3, 0.4) is 0 Å². The van der Waals surface area contributed by atoms with E-state index in [1.54, 1.807) is 18.3 Å². The van der Waals surface area contributed by atoms with Crippen LogP contribution < -0.4 is 0 Å². The molecule has 0 spiro atoms. The maximum Gasteiger partial charge on any atom is 0.146 e. The van der Waals surface area contributed by atoms with Gasteiger partial charge in [-0.2, -0.15) is 0 Å². The van der Waals surface area contributed by atoms with Gasteiger partial charge in [0.05, 0.1) is 6.10 Å². The number of rotatable bonds is 5. The van der Waals surface area contributed by atoms with Gasteiger partial charge in [0.1, 0.15) is 6.79 Å². The van der Waals surface area contributed by atoms with Gasteiger partial charge in [0.15, 0.2) is 0 Å². The summed E-state index contributed by atoms with van der Waals surface area (Å²) in [6.45, 7) is 8.04. The molecule has 0 amide bonds. The summed E-state index contributed by atoms with van der Waals surface area (Å²) in [6, 6.07) is 0. The lowest BCUT2D eigenvalue weighted by molar-refractivity contribution is -0.0865. The Labute approximate surface area is 165 Å². The van der Waals surface area contributed by atoms with Crippen LogP contribution in [0, 0.1) is 34.5 Å². The largest absolute Gasteiger partial charge is 0.396 e. The number of fused-ring (bicyclic) bond motifs is 5. The van der Waals surface area contributed by atoms with Crippen LogP contribution in [-0.2, 0) is 9.47 Å². The lowest BCUT2D eigenvalue weighted by Crippen LogP contribution is -2.47. The number of hydrogen-bond acceptors (Lipinski definition) is 3. The molecule has 0 aromatic heterocycles. The van der Waals surface area contributed by atoms with Gasteiger partial charge in [-0.05, 0) is 79.4 Å². The molecule has 0 aliphatic heterocycles. The summed E-state index contributed by atoms with van der Waals surface area (Å²) >= 11 is 0. The number of ether oxygens (including phenoxy) is 2. The molecule has 0 saturated heterocycles. The molecule has 4 rings (SSSR count). The molecule has 0 bridgehead atoms. The lowest BCUT2D eigenvalue weighted by Gasteiger charge is -2.55. The summed E-state index contributed by atoms with van der Waals surface area (Å²) in [7, 11) is 1.70. The zero-order valence-electron chi connectivity index (χ0n) is 17.7. The van der Waals surface area contributed by atoms with Crippen LogP contribution in [0.2, 0.25) is 0 Å². The van der Waals surface area contributed by atoms with E-state index in [9.17, 15) is 5.11 Å². The van der Waals surface area contributed by atoms with Gasteiger partial charge in [-0.1, -0.05) is 44.1 Å². The molecule has 152 valence electrons. The molecule has 3 nitrogen and oxygen atoms in total. The van der Waals surface area contributed by atoms with E-state index >= 15 is 0 Å². The first kappa shape index (κ1) is 19.7. The van der Waals surface area contributed by atoms with Crippen molar-refractivity contribution in [2.24, 2.45) is 34.5 Å². The van der Waals surface area contributed by atoms with Gasteiger partial charge in [0.2, 0.25) is 0 Å². The maximum atomic E-state index is 9.77. The number of hydrogen-bond donors (Lipinski definition) is 1. The smallest absolute Gasteiger partial charge is 0.146 e. The van der Waals surface area contributed by atoms with Crippen molar-refractivity contribution in [3.05, 3.63) is 23.3 Å². The highest BCUT2D eigenvalue weighted by Crippen LogP contribution is 2.65. The van der Waals surface area contributed by atoms with E-state index in [1.165, 1.54) is 32.1 Å².